The number of aliphatic hydroxyl groups is 1. The fourth-order valence-electron chi connectivity index (χ4n) is 2.12. The van der Waals surface area contributed by atoms with Gasteiger partial charge in [-0.3, -0.25) is 9.59 Å². The molecule has 0 aliphatic heterocycles. The Kier molecular flexibility index (Phi) is 5.41. The number of benzene rings is 1. The van der Waals surface area contributed by atoms with E-state index in [9.17, 15) is 14.7 Å². The number of anilines is 1. The molecule has 6 nitrogen and oxygen atoms in total. The topological polar surface area (TPSA) is 83.4 Å². The Hall–Kier alpha value is -2.31. The van der Waals surface area contributed by atoms with E-state index >= 15 is 0 Å². The number of nitrogens with one attached hydrogen (secondary N) is 2. The molecule has 0 fully saturated rings. The molecule has 23 heavy (non-hydrogen) atoms. The largest absolute Gasteiger partial charge is 0.385 e. The van der Waals surface area contributed by atoms with Crippen LogP contribution in [0.4, 0.5) is 5.69 Å². The normalized spacial score (nSPS) is 11.8. The zero-order chi connectivity index (χ0) is 17.0. The van der Waals surface area contributed by atoms with Gasteiger partial charge in [-0.1, -0.05) is 17.7 Å². The van der Waals surface area contributed by atoms with Crippen LogP contribution in [0, 0.1) is 6.92 Å². The van der Waals surface area contributed by atoms with Crippen LogP contribution in [0.1, 0.15) is 17.4 Å². The van der Waals surface area contributed by atoms with Gasteiger partial charge < -0.3 is 20.3 Å². The van der Waals surface area contributed by atoms with E-state index in [1.807, 2.05) is 0 Å². The molecule has 7 heteroatoms. The zero-order valence-electron chi connectivity index (χ0n) is 12.8. The van der Waals surface area contributed by atoms with Gasteiger partial charge in [-0.25, -0.2) is 0 Å². The van der Waals surface area contributed by atoms with Gasteiger partial charge in [-0.05, 0) is 36.8 Å². The number of halogens is 1. The molecule has 0 spiro atoms. The fraction of sp³-hybridized carbons (Fsp3) is 0.250. The van der Waals surface area contributed by atoms with E-state index in [0.29, 0.717) is 22.0 Å². The monoisotopic (exact) mass is 335 g/mol. The first-order valence-electron chi connectivity index (χ1n) is 7.03. The minimum absolute atomic E-state index is 0.0569. The van der Waals surface area contributed by atoms with Gasteiger partial charge in [0.1, 0.15) is 6.10 Å². The summed E-state index contributed by atoms with van der Waals surface area (Å²) < 4.78 is 1.74. The smallest absolute Gasteiger partial charge is 0.313 e. The summed E-state index contributed by atoms with van der Waals surface area (Å²) in [7, 11) is 1.79. The molecule has 1 unspecified atom stereocenters. The van der Waals surface area contributed by atoms with Crippen LogP contribution in [0.3, 0.4) is 0 Å². The minimum Gasteiger partial charge on any atom is -0.385 e. The van der Waals surface area contributed by atoms with E-state index in [-0.39, 0.29) is 6.54 Å². The zero-order valence-corrected chi connectivity index (χ0v) is 13.6. The number of rotatable bonds is 4. The minimum atomic E-state index is -0.889. The molecule has 1 aromatic heterocycles. The van der Waals surface area contributed by atoms with Crippen molar-refractivity contribution in [2.45, 2.75) is 13.0 Å². The van der Waals surface area contributed by atoms with Crippen molar-refractivity contribution in [3.05, 3.63) is 52.8 Å². The van der Waals surface area contributed by atoms with Crippen LogP contribution in [-0.2, 0) is 16.6 Å². The highest BCUT2D eigenvalue weighted by atomic mass is 35.5. The SMILES string of the molecule is Cc1c(Cl)cccc1NC(=O)C(=O)NCC(O)c1cccn1C. The second-order valence-electron chi connectivity index (χ2n) is 5.14. The Balaban J connectivity index is 1.92. The standard InChI is InChI=1S/C16H18ClN3O3/c1-10-11(17)5-3-6-12(10)19-16(23)15(22)18-9-14(21)13-7-4-8-20(13)2/h3-8,14,21H,9H2,1-2H3,(H,18,22)(H,19,23). The first-order chi connectivity index (χ1) is 10.9. The summed E-state index contributed by atoms with van der Waals surface area (Å²) in [4.78, 5) is 23.7. The number of aliphatic hydroxyl groups excluding tert-OH is 1. The van der Waals surface area contributed by atoms with Gasteiger partial charge in [0.15, 0.2) is 0 Å². The highest BCUT2D eigenvalue weighted by Crippen LogP contribution is 2.22. The molecule has 0 bridgehead atoms. The summed E-state index contributed by atoms with van der Waals surface area (Å²) in [6, 6.07) is 8.57. The third kappa shape index (κ3) is 4.12. The molecule has 0 radical (unpaired) electrons. The van der Waals surface area contributed by atoms with Crippen LogP contribution < -0.4 is 10.6 Å². The number of carbonyl (C=O) groups is 2. The molecule has 2 aromatic rings. The lowest BCUT2D eigenvalue weighted by molar-refractivity contribution is -0.136. The Bertz CT molecular complexity index is 727. The maximum Gasteiger partial charge on any atom is 0.313 e. The Morgan fingerprint density at radius 1 is 1.26 bits per heavy atom. The second kappa shape index (κ2) is 7.30. The van der Waals surface area contributed by atoms with Crippen molar-refractivity contribution >= 4 is 29.1 Å². The lowest BCUT2D eigenvalue weighted by atomic mass is 10.2. The van der Waals surface area contributed by atoms with Gasteiger partial charge in [0.25, 0.3) is 0 Å². The van der Waals surface area contributed by atoms with Crippen molar-refractivity contribution in [3.8, 4) is 0 Å². The van der Waals surface area contributed by atoms with Crippen molar-refractivity contribution in [1.29, 1.82) is 0 Å². The first kappa shape index (κ1) is 17.1. The molecule has 122 valence electrons. The number of hydrogen-bond donors (Lipinski definition) is 3. The number of nitrogens with zero attached hydrogens (tertiary/aromatic N) is 1. The molecule has 0 saturated carbocycles. The number of amides is 2. The van der Waals surface area contributed by atoms with E-state index in [4.69, 9.17) is 11.6 Å². The average Bonchev–Trinajstić information content (AvgIpc) is 2.95. The van der Waals surface area contributed by atoms with Crippen LogP contribution in [0.5, 0.6) is 0 Å². The molecular weight excluding hydrogens is 318 g/mol. The third-order valence-electron chi connectivity index (χ3n) is 3.50. The van der Waals surface area contributed by atoms with Crippen molar-refractivity contribution < 1.29 is 14.7 Å². The number of hydrogen-bond acceptors (Lipinski definition) is 3. The summed E-state index contributed by atoms with van der Waals surface area (Å²) in [5, 5.41) is 15.4. The van der Waals surface area contributed by atoms with Crippen molar-refractivity contribution in [2.24, 2.45) is 7.05 Å². The van der Waals surface area contributed by atoms with Gasteiger partial charge in [0, 0.05) is 36.2 Å². The summed E-state index contributed by atoms with van der Waals surface area (Å²) in [6.45, 7) is 1.69. The summed E-state index contributed by atoms with van der Waals surface area (Å²) >= 11 is 5.96. The molecule has 0 aliphatic carbocycles. The Morgan fingerprint density at radius 3 is 2.65 bits per heavy atom. The molecular formula is C16H18ClN3O3. The predicted octanol–water partition coefficient (Wildman–Crippen LogP) is 1.78. The molecule has 0 aliphatic rings. The molecule has 1 aromatic carbocycles. The van der Waals surface area contributed by atoms with Gasteiger partial charge in [-0.15, -0.1) is 0 Å². The average molecular weight is 336 g/mol. The van der Waals surface area contributed by atoms with Crippen LogP contribution >= 0.6 is 11.6 Å². The number of aryl methyl sites for hydroxylation is 1. The Labute approximate surface area is 139 Å². The highest BCUT2D eigenvalue weighted by molar-refractivity contribution is 6.40. The predicted molar refractivity (Wildman–Crippen MR) is 88.2 cm³/mol. The quantitative estimate of drug-likeness (QED) is 0.745. The van der Waals surface area contributed by atoms with E-state index < -0.39 is 17.9 Å². The maximum atomic E-state index is 11.9. The summed E-state index contributed by atoms with van der Waals surface area (Å²) in [5.74, 6) is -1.63. The van der Waals surface area contributed by atoms with Crippen molar-refractivity contribution in [1.82, 2.24) is 9.88 Å². The van der Waals surface area contributed by atoms with Crippen LogP contribution in [0.2, 0.25) is 5.02 Å². The van der Waals surface area contributed by atoms with Crippen LogP contribution in [0.15, 0.2) is 36.5 Å². The van der Waals surface area contributed by atoms with E-state index in [1.165, 1.54) is 0 Å². The van der Waals surface area contributed by atoms with Gasteiger partial charge in [0.05, 0.1) is 0 Å². The van der Waals surface area contributed by atoms with E-state index in [2.05, 4.69) is 10.6 Å². The molecule has 2 amide bonds. The van der Waals surface area contributed by atoms with Gasteiger partial charge in [-0.2, -0.15) is 0 Å². The molecule has 1 atom stereocenters. The van der Waals surface area contributed by atoms with E-state index in [1.54, 1.807) is 55.1 Å². The van der Waals surface area contributed by atoms with Crippen molar-refractivity contribution in [3.63, 3.8) is 0 Å². The number of aromatic nitrogens is 1. The van der Waals surface area contributed by atoms with Gasteiger partial charge in [0.2, 0.25) is 0 Å². The molecule has 2 rings (SSSR count). The van der Waals surface area contributed by atoms with E-state index in [0.717, 1.165) is 0 Å². The molecule has 0 saturated heterocycles. The molecule has 1 heterocycles. The van der Waals surface area contributed by atoms with Crippen LogP contribution in [0.25, 0.3) is 0 Å². The maximum absolute atomic E-state index is 11.9. The Morgan fingerprint density at radius 2 is 2.00 bits per heavy atom. The summed E-state index contributed by atoms with van der Waals surface area (Å²) in [6.07, 6.45) is 0.898. The first-order valence-corrected chi connectivity index (χ1v) is 7.41. The van der Waals surface area contributed by atoms with Gasteiger partial charge >= 0.3 is 11.8 Å². The van der Waals surface area contributed by atoms with Crippen molar-refractivity contribution in [2.75, 3.05) is 11.9 Å². The highest BCUT2D eigenvalue weighted by Gasteiger charge is 2.18. The lowest BCUT2D eigenvalue weighted by Gasteiger charge is -2.13. The van der Waals surface area contributed by atoms with Crippen LogP contribution in [-0.4, -0.2) is 28.0 Å². The second-order valence-corrected chi connectivity index (χ2v) is 5.54. The fourth-order valence-corrected chi connectivity index (χ4v) is 2.29. The lowest BCUT2D eigenvalue weighted by Crippen LogP contribution is -2.38. The third-order valence-corrected chi connectivity index (χ3v) is 3.91. The molecule has 3 N–H and O–H groups in total. The summed E-state index contributed by atoms with van der Waals surface area (Å²) in [5.41, 5.74) is 1.80. The number of carbonyl (C=O) groups excluding carboxylic acids is 2.